The number of rotatable bonds is 0. The van der Waals surface area contributed by atoms with E-state index in [1.807, 2.05) is 0 Å². The van der Waals surface area contributed by atoms with Gasteiger partial charge in [0.1, 0.15) is 0 Å². The smallest absolute Gasteiger partial charge is 0.00743 e. The van der Waals surface area contributed by atoms with Gasteiger partial charge in [0, 0.05) is 0 Å². The molecule has 0 bridgehead atoms. The summed E-state index contributed by atoms with van der Waals surface area (Å²) in [5.41, 5.74) is 0.578. The van der Waals surface area contributed by atoms with Crippen molar-refractivity contribution in [3.63, 3.8) is 0 Å². The molecular formula is C8H10. The van der Waals surface area contributed by atoms with Crippen molar-refractivity contribution in [2.45, 2.75) is 13.3 Å². The molecule has 2 aliphatic carbocycles. The van der Waals surface area contributed by atoms with Crippen LogP contribution in [0.5, 0.6) is 0 Å². The molecule has 1 unspecified atom stereocenters. The highest BCUT2D eigenvalue weighted by Crippen LogP contribution is 2.55. The molecule has 0 saturated heterocycles. The summed E-state index contributed by atoms with van der Waals surface area (Å²) in [6, 6.07) is 0. The van der Waals surface area contributed by atoms with Crippen LogP contribution in [-0.2, 0) is 0 Å². The fourth-order valence-corrected chi connectivity index (χ4v) is 1.37. The second kappa shape index (κ2) is 1.07. The van der Waals surface area contributed by atoms with Crippen LogP contribution in [0, 0.1) is 11.3 Å². The van der Waals surface area contributed by atoms with Crippen molar-refractivity contribution in [1.82, 2.24) is 0 Å². The fourth-order valence-electron chi connectivity index (χ4n) is 1.37. The van der Waals surface area contributed by atoms with Crippen LogP contribution in [0.4, 0.5) is 0 Å². The largest absolute Gasteiger partial charge is 0.0805 e. The van der Waals surface area contributed by atoms with Gasteiger partial charge in [-0.25, -0.2) is 0 Å². The quantitative estimate of drug-likeness (QED) is 0.444. The third-order valence-corrected chi connectivity index (χ3v) is 2.28. The standard InChI is InChI=1S/C8H10/c1-8-5-3-2-4-7(8)6-8/h2-5,7H,6H2,1H3/t7?,8-/m1/s1. The number of allylic oxidation sites excluding steroid dienone is 4. The Balaban J connectivity index is 2.33. The third-order valence-electron chi connectivity index (χ3n) is 2.28. The van der Waals surface area contributed by atoms with E-state index in [0.29, 0.717) is 5.41 Å². The number of hydrogen-bond acceptors (Lipinski definition) is 0. The second-order valence-electron chi connectivity index (χ2n) is 3.06. The van der Waals surface area contributed by atoms with Crippen molar-refractivity contribution in [3.05, 3.63) is 24.3 Å². The Kier molecular flexibility index (Phi) is 0.585. The molecule has 8 heavy (non-hydrogen) atoms. The first kappa shape index (κ1) is 4.37. The van der Waals surface area contributed by atoms with Crippen molar-refractivity contribution in [1.29, 1.82) is 0 Å². The lowest BCUT2D eigenvalue weighted by molar-refractivity contribution is 0.690. The van der Waals surface area contributed by atoms with E-state index in [0.717, 1.165) is 5.92 Å². The third kappa shape index (κ3) is 0.405. The average molecular weight is 106 g/mol. The molecule has 0 radical (unpaired) electrons. The van der Waals surface area contributed by atoms with Gasteiger partial charge in [-0.05, 0) is 17.8 Å². The predicted molar refractivity (Wildman–Crippen MR) is 34.5 cm³/mol. The summed E-state index contributed by atoms with van der Waals surface area (Å²) < 4.78 is 0. The monoisotopic (exact) mass is 106 g/mol. The summed E-state index contributed by atoms with van der Waals surface area (Å²) in [6.45, 7) is 2.32. The first-order chi connectivity index (χ1) is 3.81. The van der Waals surface area contributed by atoms with Crippen LogP contribution >= 0.6 is 0 Å². The van der Waals surface area contributed by atoms with E-state index in [1.54, 1.807) is 0 Å². The predicted octanol–water partition coefficient (Wildman–Crippen LogP) is 2.14. The molecule has 2 atom stereocenters. The molecule has 2 aliphatic rings. The molecule has 0 heterocycles. The molecule has 0 heteroatoms. The zero-order valence-electron chi connectivity index (χ0n) is 5.09. The zero-order chi connectivity index (χ0) is 5.61. The van der Waals surface area contributed by atoms with Gasteiger partial charge in [-0.2, -0.15) is 0 Å². The first-order valence-corrected chi connectivity index (χ1v) is 3.17. The summed E-state index contributed by atoms with van der Waals surface area (Å²) in [5.74, 6) is 0.882. The molecule has 1 saturated carbocycles. The second-order valence-corrected chi connectivity index (χ2v) is 3.06. The lowest BCUT2D eigenvalue weighted by atomic mass is 10.0. The first-order valence-electron chi connectivity index (χ1n) is 3.17. The van der Waals surface area contributed by atoms with Crippen LogP contribution in [0.3, 0.4) is 0 Å². The summed E-state index contributed by atoms with van der Waals surface area (Å²) >= 11 is 0. The van der Waals surface area contributed by atoms with Gasteiger partial charge in [0.05, 0.1) is 0 Å². The van der Waals surface area contributed by atoms with E-state index < -0.39 is 0 Å². The van der Waals surface area contributed by atoms with Gasteiger partial charge in [-0.1, -0.05) is 31.2 Å². The van der Waals surface area contributed by atoms with Gasteiger partial charge < -0.3 is 0 Å². The molecule has 0 aromatic heterocycles. The van der Waals surface area contributed by atoms with E-state index in [2.05, 4.69) is 31.2 Å². The van der Waals surface area contributed by atoms with Crippen LogP contribution in [0.15, 0.2) is 24.3 Å². The van der Waals surface area contributed by atoms with Crippen LogP contribution in [0.2, 0.25) is 0 Å². The Morgan fingerprint density at radius 3 is 2.88 bits per heavy atom. The lowest BCUT2D eigenvalue weighted by Crippen LogP contribution is -1.91. The maximum absolute atomic E-state index is 2.32. The molecule has 0 aliphatic heterocycles. The van der Waals surface area contributed by atoms with E-state index >= 15 is 0 Å². The molecule has 0 N–H and O–H groups in total. The maximum atomic E-state index is 2.32. The number of hydrogen-bond donors (Lipinski definition) is 0. The summed E-state index contributed by atoms with van der Waals surface area (Å²) in [5, 5.41) is 0. The van der Waals surface area contributed by atoms with Gasteiger partial charge >= 0.3 is 0 Å². The van der Waals surface area contributed by atoms with Crippen LogP contribution in [0.25, 0.3) is 0 Å². The molecule has 2 rings (SSSR count). The van der Waals surface area contributed by atoms with E-state index in [1.165, 1.54) is 6.42 Å². The summed E-state index contributed by atoms with van der Waals surface area (Å²) in [4.78, 5) is 0. The van der Waals surface area contributed by atoms with Crippen LogP contribution in [0.1, 0.15) is 13.3 Å². The molecule has 1 fully saturated rings. The Bertz CT molecular complexity index is 165. The van der Waals surface area contributed by atoms with Crippen LogP contribution in [-0.4, -0.2) is 0 Å². The van der Waals surface area contributed by atoms with Crippen LogP contribution < -0.4 is 0 Å². The van der Waals surface area contributed by atoms with Gasteiger partial charge in [-0.3, -0.25) is 0 Å². The minimum absolute atomic E-state index is 0.578. The molecule has 0 nitrogen and oxygen atoms in total. The Labute approximate surface area is 49.9 Å². The summed E-state index contributed by atoms with van der Waals surface area (Å²) in [6.07, 6.45) is 10.3. The lowest BCUT2D eigenvalue weighted by Gasteiger charge is -2.02. The molecule has 42 valence electrons. The minimum atomic E-state index is 0.578. The molecule has 0 aromatic rings. The van der Waals surface area contributed by atoms with Gasteiger partial charge in [0.25, 0.3) is 0 Å². The maximum Gasteiger partial charge on any atom is -0.00743 e. The Morgan fingerprint density at radius 1 is 1.50 bits per heavy atom. The Hall–Kier alpha value is -0.520. The van der Waals surface area contributed by atoms with Crippen molar-refractivity contribution in [3.8, 4) is 0 Å². The van der Waals surface area contributed by atoms with E-state index in [4.69, 9.17) is 0 Å². The van der Waals surface area contributed by atoms with Gasteiger partial charge in [-0.15, -0.1) is 0 Å². The Morgan fingerprint density at radius 2 is 2.38 bits per heavy atom. The minimum Gasteiger partial charge on any atom is -0.0805 e. The zero-order valence-corrected chi connectivity index (χ0v) is 5.09. The highest BCUT2D eigenvalue weighted by atomic mass is 14.5. The van der Waals surface area contributed by atoms with Crippen molar-refractivity contribution in [2.24, 2.45) is 11.3 Å². The molecule has 0 amide bonds. The highest BCUT2D eigenvalue weighted by molar-refractivity contribution is 5.27. The average Bonchev–Trinajstić information content (AvgIpc) is 2.39. The normalized spacial score (nSPS) is 48.9. The SMILES string of the molecule is C[C@]12C=CC=CC1C2. The number of fused-ring (bicyclic) bond motifs is 1. The summed E-state index contributed by atoms with van der Waals surface area (Å²) in [7, 11) is 0. The van der Waals surface area contributed by atoms with Crippen molar-refractivity contribution in [2.75, 3.05) is 0 Å². The van der Waals surface area contributed by atoms with E-state index in [9.17, 15) is 0 Å². The topological polar surface area (TPSA) is 0 Å². The molecule has 0 spiro atoms. The van der Waals surface area contributed by atoms with Gasteiger partial charge in [0.2, 0.25) is 0 Å². The fraction of sp³-hybridized carbons (Fsp3) is 0.500. The highest BCUT2D eigenvalue weighted by Gasteiger charge is 2.46. The molecule has 0 aromatic carbocycles. The van der Waals surface area contributed by atoms with Gasteiger partial charge in [0.15, 0.2) is 0 Å². The molecular weight excluding hydrogens is 96.1 g/mol. The van der Waals surface area contributed by atoms with Crippen molar-refractivity contribution < 1.29 is 0 Å². The van der Waals surface area contributed by atoms with E-state index in [-0.39, 0.29) is 0 Å². The van der Waals surface area contributed by atoms with Crippen molar-refractivity contribution >= 4 is 0 Å².